The number of hydrogen-bond donors (Lipinski definition) is 3. The van der Waals surface area contributed by atoms with E-state index in [1.807, 2.05) is 110 Å². The van der Waals surface area contributed by atoms with E-state index in [9.17, 15) is 9.90 Å². The summed E-state index contributed by atoms with van der Waals surface area (Å²) in [7, 11) is 3.98. The zero-order valence-electron chi connectivity index (χ0n) is 30.0. The van der Waals surface area contributed by atoms with Gasteiger partial charge in [0.05, 0.1) is 5.56 Å². The molecular weight excluding hydrogens is 647 g/mol. The molecule has 0 fully saturated rings. The Morgan fingerprint density at radius 3 is 2.23 bits per heavy atom. The Bertz CT molecular complexity index is 2370. The number of aryl methyl sites for hydroxylation is 3. The number of esters is 1. The molecule has 6 aromatic carbocycles. The van der Waals surface area contributed by atoms with E-state index in [2.05, 4.69) is 55.7 Å². The SMILES string of the molecule is CCc1cc(O)cc(Cc2cccc(C)c2Nc2cc3c(cc2C)Oc2cc(N(C)C)ccc2C32OC(=O)c3ccccc32)c1Nc1ccccc1. The maximum absolute atomic E-state index is 13.5. The van der Waals surface area contributed by atoms with Crippen LogP contribution in [0.3, 0.4) is 0 Å². The molecule has 3 N–H and O–H groups in total. The first-order chi connectivity index (χ1) is 25.2. The number of aromatic hydroxyl groups is 1. The van der Waals surface area contributed by atoms with E-state index in [-0.39, 0.29) is 11.7 Å². The summed E-state index contributed by atoms with van der Waals surface area (Å²) >= 11 is 0. The van der Waals surface area contributed by atoms with E-state index in [4.69, 9.17) is 9.47 Å². The first kappa shape index (κ1) is 33.0. The number of carbonyl (C=O) groups excluding carboxylic acids is 1. The molecule has 2 aliphatic rings. The van der Waals surface area contributed by atoms with Gasteiger partial charge < -0.3 is 30.1 Å². The molecule has 0 aromatic heterocycles. The summed E-state index contributed by atoms with van der Waals surface area (Å²) in [6.07, 6.45) is 1.34. The molecule has 8 rings (SSSR count). The van der Waals surface area contributed by atoms with Crippen LogP contribution < -0.4 is 20.3 Å². The van der Waals surface area contributed by atoms with Crippen LogP contribution in [0.4, 0.5) is 28.4 Å². The van der Waals surface area contributed by atoms with Crippen molar-refractivity contribution in [1.82, 2.24) is 0 Å². The van der Waals surface area contributed by atoms with Crippen molar-refractivity contribution in [1.29, 1.82) is 0 Å². The van der Waals surface area contributed by atoms with Crippen molar-refractivity contribution in [3.63, 3.8) is 0 Å². The fourth-order valence-electron chi connectivity index (χ4n) is 7.61. The Balaban J connectivity index is 1.24. The van der Waals surface area contributed by atoms with Crippen LogP contribution in [0.15, 0.2) is 115 Å². The highest BCUT2D eigenvalue weighted by atomic mass is 16.6. The molecule has 0 amide bonds. The number of ether oxygens (including phenoxy) is 2. The van der Waals surface area contributed by atoms with E-state index >= 15 is 0 Å². The Kier molecular flexibility index (Phi) is 8.14. The average Bonchev–Trinajstić information content (AvgIpc) is 3.43. The van der Waals surface area contributed by atoms with E-state index in [0.717, 1.165) is 79.4 Å². The van der Waals surface area contributed by atoms with Gasteiger partial charge in [-0.2, -0.15) is 0 Å². The fourth-order valence-corrected chi connectivity index (χ4v) is 7.61. The molecule has 7 heteroatoms. The monoisotopic (exact) mass is 687 g/mol. The van der Waals surface area contributed by atoms with Gasteiger partial charge in [-0.15, -0.1) is 0 Å². The van der Waals surface area contributed by atoms with Crippen molar-refractivity contribution < 1.29 is 19.4 Å². The minimum absolute atomic E-state index is 0.243. The number of rotatable bonds is 8. The Morgan fingerprint density at radius 1 is 0.692 bits per heavy atom. The molecule has 1 atom stereocenters. The lowest BCUT2D eigenvalue weighted by molar-refractivity contribution is 0.0224. The second-order valence-electron chi connectivity index (χ2n) is 13.9. The molecule has 1 spiro atoms. The van der Waals surface area contributed by atoms with Gasteiger partial charge in [0.1, 0.15) is 17.2 Å². The molecule has 0 saturated heterocycles. The number of phenols is 1. The summed E-state index contributed by atoms with van der Waals surface area (Å²) in [4.78, 5) is 15.6. The molecule has 260 valence electrons. The topological polar surface area (TPSA) is 83.1 Å². The maximum Gasteiger partial charge on any atom is 0.340 e. The van der Waals surface area contributed by atoms with E-state index in [0.29, 0.717) is 23.5 Å². The summed E-state index contributed by atoms with van der Waals surface area (Å²) in [5, 5.41) is 18.2. The van der Waals surface area contributed by atoms with Gasteiger partial charge >= 0.3 is 5.97 Å². The third-order valence-corrected chi connectivity index (χ3v) is 10.3. The van der Waals surface area contributed by atoms with Gasteiger partial charge in [-0.1, -0.05) is 61.5 Å². The molecule has 1 unspecified atom stereocenters. The zero-order valence-corrected chi connectivity index (χ0v) is 30.0. The lowest BCUT2D eigenvalue weighted by atomic mass is 9.77. The molecule has 0 bridgehead atoms. The first-order valence-electron chi connectivity index (χ1n) is 17.7. The highest BCUT2D eigenvalue weighted by Gasteiger charge is 2.53. The molecule has 0 aliphatic carbocycles. The molecule has 0 saturated carbocycles. The third kappa shape index (κ3) is 5.50. The molecule has 7 nitrogen and oxygen atoms in total. The maximum atomic E-state index is 13.5. The Hall–Kier alpha value is -6.21. The van der Waals surface area contributed by atoms with Crippen molar-refractivity contribution in [2.75, 3.05) is 29.6 Å². The number of phenolic OH excluding ortho intramolecular Hbond substituents is 1. The van der Waals surface area contributed by atoms with Gasteiger partial charge in [0, 0.05) is 71.7 Å². The van der Waals surface area contributed by atoms with E-state index in [1.54, 1.807) is 0 Å². The minimum atomic E-state index is -1.18. The molecule has 2 heterocycles. The smallest absolute Gasteiger partial charge is 0.340 e. The van der Waals surface area contributed by atoms with Crippen LogP contribution in [-0.2, 0) is 23.2 Å². The van der Waals surface area contributed by atoms with Crippen molar-refractivity contribution in [2.24, 2.45) is 0 Å². The quantitative estimate of drug-likeness (QED) is 0.109. The van der Waals surface area contributed by atoms with Crippen LogP contribution >= 0.6 is 0 Å². The van der Waals surface area contributed by atoms with Gasteiger partial charge in [0.25, 0.3) is 0 Å². The summed E-state index contributed by atoms with van der Waals surface area (Å²) in [6.45, 7) is 6.26. The zero-order chi connectivity index (χ0) is 36.1. The molecule has 2 aliphatic heterocycles. The summed E-state index contributed by atoms with van der Waals surface area (Å²) in [6, 6.07) is 37.9. The number of fused-ring (bicyclic) bond motifs is 6. The number of nitrogens with one attached hydrogen (secondary N) is 2. The summed E-state index contributed by atoms with van der Waals surface area (Å²) < 4.78 is 13.1. The van der Waals surface area contributed by atoms with Crippen LogP contribution in [0.25, 0.3) is 0 Å². The van der Waals surface area contributed by atoms with Crippen LogP contribution in [0.2, 0.25) is 0 Å². The average molecular weight is 688 g/mol. The van der Waals surface area contributed by atoms with Crippen LogP contribution in [0.5, 0.6) is 17.2 Å². The predicted octanol–water partition coefficient (Wildman–Crippen LogP) is 10.3. The number of benzene rings is 6. The van der Waals surface area contributed by atoms with Gasteiger partial charge in [0.15, 0.2) is 5.60 Å². The second kappa shape index (κ2) is 12.8. The van der Waals surface area contributed by atoms with Gasteiger partial charge in [-0.3, -0.25) is 0 Å². The first-order valence-corrected chi connectivity index (χ1v) is 17.7. The lowest BCUT2D eigenvalue weighted by Crippen LogP contribution is -2.33. The second-order valence-corrected chi connectivity index (χ2v) is 13.9. The van der Waals surface area contributed by atoms with Crippen molar-refractivity contribution in [3.05, 3.63) is 165 Å². The van der Waals surface area contributed by atoms with Crippen molar-refractivity contribution in [2.45, 2.75) is 39.2 Å². The molecule has 0 radical (unpaired) electrons. The summed E-state index contributed by atoms with van der Waals surface area (Å²) in [5.74, 6) is 1.18. The predicted molar refractivity (Wildman–Crippen MR) is 208 cm³/mol. The van der Waals surface area contributed by atoms with E-state index < -0.39 is 5.60 Å². The van der Waals surface area contributed by atoms with E-state index in [1.165, 1.54) is 0 Å². The van der Waals surface area contributed by atoms with Gasteiger partial charge in [0.2, 0.25) is 0 Å². The third-order valence-electron chi connectivity index (χ3n) is 10.3. The van der Waals surface area contributed by atoms with Crippen molar-refractivity contribution >= 4 is 34.4 Å². The van der Waals surface area contributed by atoms with Crippen LogP contribution in [0.1, 0.15) is 61.8 Å². The Morgan fingerprint density at radius 2 is 1.44 bits per heavy atom. The molecule has 6 aromatic rings. The Labute approximate surface area is 304 Å². The van der Waals surface area contributed by atoms with Gasteiger partial charge in [-0.25, -0.2) is 4.79 Å². The fraction of sp³-hybridized carbons (Fsp3) is 0.178. The molecule has 52 heavy (non-hydrogen) atoms. The highest BCUT2D eigenvalue weighted by molar-refractivity contribution is 5.97. The van der Waals surface area contributed by atoms with Crippen molar-refractivity contribution in [3.8, 4) is 17.2 Å². The standard InChI is InChI=1S/C45H41N3O4/c1-6-29-23-34(49)24-31(43(29)46-32-15-8-7-9-16-32)22-30-14-12-13-27(2)42(30)47-39-26-38-40(21-28(39)3)51-41-25-33(48(4)5)19-20-37(41)45(38)36-18-11-10-17-35(36)44(50)52-45/h7-21,23-26,46-47,49H,6,22H2,1-5H3. The minimum Gasteiger partial charge on any atom is -0.508 e. The molecular formula is C45H41N3O4. The van der Waals surface area contributed by atoms with Gasteiger partial charge in [-0.05, 0) is 103 Å². The largest absolute Gasteiger partial charge is 0.508 e. The van der Waals surface area contributed by atoms with Crippen LogP contribution in [0, 0.1) is 13.8 Å². The number of carbonyl (C=O) groups is 1. The number of para-hydroxylation sites is 2. The number of nitrogens with zero attached hydrogens (tertiary/aromatic N) is 1. The summed E-state index contributed by atoms with van der Waals surface area (Å²) in [5.41, 5.74) is 11.7. The number of hydrogen-bond acceptors (Lipinski definition) is 7. The lowest BCUT2D eigenvalue weighted by Gasteiger charge is -2.37. The van der Waals surface area contributed by atoms with Crippen LogP contribution in [-0.4, -0.2) is 25.2 Å². The number of anilines is 5. The normalized spacial score (nSPS) is 15.3. The highest BCUT2D eigenvalue weighted by Crippen LogP contribution is 2.57.